The van der Waals surface area contributed by atoms with Crippen molar-refractivity contribution in [3.63, 3.8) is 0 Å². The van der Waals surface area contributed by atoms with Crippen molar-refractivity contribution in [2.24, 2.45) is 0 Å². The van der Waals surface area contributed by atoms with Crippen molar-refractivity contribution in [3.8, 4) is 0 Å². The zero-order valence-corrected chi connectivity index (χ0v) is 22.9. The molecule has 4 amide bonds. The van der Waals surface area contributed by atoms with E-state index in [1.54, 1.807) is 41.7 Å². The Balaban J connectivity index is 1.62. The van der Waals surface area contributed by atoms with Crippen LogP contribution in [0.1, 0.15) is 39.9 Å². The number of halogens is 3. The van der Waals surface area contributed by atoms with E-state index in [0.29, 0.717) is 27.2 Å². The first-order valence-corrected chi connectivity index (χ1v) is 12.7. The first-order chi connectivity index (χ1) is 17.6. The van der Waals surface area contributed by atoms with Crippen LogP contribution in [-0.4, -0.2) is 86.6 Å². The molecule has 7 nitrogen and oxygen atoms in total. The van der Waals surface area contributed by atoms with Gasteiger partial charge in [-0.2, -0.15) is 8.78 Å². The number of fused-ring (bicyclic) bond motifs is 1. The Morgan fingerprint density at radius 3 is 2.39 bits per heavy atom. The lowest BCUT2D eigenvalue weighted by Crippen LogP contribution is -2.56. The number of nitrogens with zero attached hydrogens (tertiary/aromatic N) is 2. The number of carbonyl (C=O) groups excluding carboxylic acids is 4. The zero-order valence-electron chi connectivity index (χ0n) is 22.2. The number of benzene rings is 2. The summed E-state index contributed by atoms with van der Waals surface area (Å²) >= 11 is 6.16. The fourth-order valence-electron chi connectivity index (χ4n) is 5.24. The van der Waals surface area contributed by atoms with Crippen LogP contribution in [0.2, 0.25) is 5.02 Å². The summed E-state index contributed by atoms with van der Waals surface area (Å²) in [6, 6.07) is 5.62. The van der Waals surface area contributed by atoms with Gasteiger partial charge in [0, 0.05) is 29.1 Å². The second-order valence-electron chi connectivity index (χ2n) is 10.6. The maximum Gasteiger partial charge on any atom is 0.347 e. The molecule has 2 aromatic rings. The molecule has 1 unspecified atom stereocenters. The van der Waals surface area contributed by atoms with Crippen LogP contribution in [-0.2, 0) is 32.2 Å². The van der Waals surface area contributed by atoms with Gasteiger partial charge in [-0.15, -0.1) is 0 Å². The van der Waals surface area contributed by atoms with Crippen LogP contribution in [0.5, 0.6) is 0 Å². The van der Waals surface area contributed by atoms with E-state index in [2.05, 4.69) is 5.32 Å². The van der Waals surface area contributed by atoms with Gasteiger partial charge in [0.15, 0.2) is 0 Å². The number of nitrogens with one attached hydrogen (secondary N) is 1. The van der Waals surface area contributed by atoms with Crippen molar-refractivity contribution in [1.82, 2.24) is 15.0 Å². The van der Waals surface area contributed by atoms with Crippen LogP contribution in [0.25, 0.3) is 0 Å². The summed E-state index contributed by atoms with van der Waals surface area (Å²) in [7, 11) is 9.32. The van der Waals surface area contributed by atoms with E-state index in [-0.39, 0.29) is 47.7 Å². The number of piperidine rings is 1. The minimum atomic E-state index is -3.80. The SMILES string of the molecule is Bc1cc(Cl)c(B)c(B)c1C(F)(F)C(=O)N(B)C(B)(B)c1ccc2c(c1)CN(C1CCC(=O)NC1=O)C2=O. The standard InChI is InChI=1S/C22H24B6ClF2N3O4/c23-11-6-12(29)16(24)17(25)15(11)21(30,31)20(38)34(28)22(26,27)9-1-2-10-8(5-9)7-33(19(10)37)13-3-4-14(35)32-18(13)36/h1-2,5-6,13H,3-4,7,23-28H2,(H,32,35,36). The highest BCUT2D eigenvalue weighted by atomic mass is 35.5. The maximum absolute atomic E-state index is 15.7. The smallest absolute Gasteiger partial charge is 0.347 e. The third-order valence-corrected chi connectivity index (χ3v) is 8.38. The van der Waals surface area contributed by atoms with Crippen LogP contribution >= 0.6 is 11.6 Å². The normalized spacial score (nSPS) is 17.8. The zero-order chi connectivity index (χ0) is 28.3. The molecule has 2 aliphatic heterocycles. The Morgan fingerprint density at radius 1 is 1.11 bits per heavy atom. The molecule has 0 bridgehead atoms. The largest absolute Gasteiger partial charge is 0.393 e. The molecule has 4 rings (SSSR count). The molecule has 1 atom stereocenters. The first-order valence-electron chi connectivity index (χ1n) is 12.3. The van der Waals surface area contributed by atoms with E-state index in [0.717, 1.165) is 4.81 Å². The number of alkyl halides is 2. The van der Waals surface area contributed by atoms with E-state index in [1.807, 2.05) is 0 Å². The molecule has 2 aliphatic rings. The molecular weight excluding hydrogens is 509 g/mol. The van der Waals surface area contributed by atoms with Crippen LogP contribution in [0, 0.1) is 0 Å². The Hall–Kier alpha value is -2.94. The molecule has 190 valence electrons. The second-order valence-corrected chi connectivity index (χ2v) is 11.0. The van der Waals surface area contributed by atoms with E-state index < -0.39 is 29.1 Å². The number of hydrogen-bond acceptors (Lipinski definition) is 4. The average Bonchev–Trinajstić information content (AvgIpc) is 3.16. The highest BCUT2D eigenvalue weighted by molar-refractivity contribution is 6.57. The lowest BCUT2D eigenvalue weighted by atomic mass is 9.55. The van der Waals surface area contributed by atoms with Gasteiger partial charge in [-0.05, 0) is 35.0 Å². The molecule has 38 heavy (non-hydrogen) atoms. The number of imide groups is 1. The number of rotatable bonds is 5. The van der Waals surface area contributed by atoms with Gasteiger partial charge in [0.1, 0.15) is 45.3 Å². The third kappa shape index (κ3) is 4.48. The summed E-state index contributed by atoms with van der Waals surface area (Å²) in [6.07, 6.45) is 0.375. The van der Waals surface area contributed by atoms with Crippen LogP contribution < -0.4 is 21.7 Å². The van der Waals surface area contributed by atoms with Gasteiger partial charge in [-0.3, -0.25) is 24.5 Å². The maximum atomic E-state index is 15.7. The Kier molecular flexibility index (Phi) is 7.14. The van der Waals surface area contributed by atoms with E-state index in [9.17, 15) is 19.2 Å². The minimum Gasteiger partial charge on any atom is -0.393 e. The van der Waals surface area contributed by atoms with Gasteiger partial charge in [0.25, 0.3) is 11.8 Å². The van der Waals surface area contributed by atoms with Crippen molar-refractivity contribution >= 4 is 98.8 Å². The summed E-state index contributed by atoms with van der Waals surface area (Å²) in [5.74, 6) is -6.39. The molecular formula is C22H24B6ClF2N3O4. The summed E-state index contributed by atoms with van der Waals surface area (Å²) in [6.45, 7) is 0.140. The fraction of sp³-hybridized carbons (Fsp3) is 0.273. The summed E-state index contributed by atoms with van der Waals surface area (Å²) in [5.41, 5.74) is 2.21. The molecule has 1 fully saturated rings. The predicted octanol–water partition coefficient (Wildman–Crippen LogP) is -5.58. The van der Waals surface area contributed by atoms with Gasteiger partial charge < -0.3 is 9.71 Å². The van der Waals surface area contributed by atoms with Crippen molar-refractivity contribution in [3.05, 3.63) is 51.5 Å². The number of carbonyl (C=O) groups is 4. The van der Waals surface area contributed by atoms with Gasteiger partial charge in [0.05, 0.1) is 0 Å². The fourth-order valence-corrected chi connectivity index (χ4v) is 5.54. The molecule has 0 saturated carbocycles. The molecule has 2 aromatic carbocycles. The lowest BCUT2D eigenvalue weighted by Gasteiger charge is -2.40. The molecule has 1 saturated heterocycles. The topological polar surface area (TPSA) is 86.8 Å². The number of amides is 4. The van der Waals surface area contributed by atoms with Crippen molar-refractivity contribution < 1.29 is 28.0 Å². The molecule has 2 heterocycles. The summed E-state index contributed by atoms with van der Waals surface area (Å²) < 4.78 is 31.4. The summed E-state index contributed by atoms with van der Waals surface area (Å²) in [5, 5.41) is 1.46. The van der Waals surface area contributed by atoms with Crippen LogP contribution in [0.4, 0.5) is 8.78 Å². The van der Waals surface area contributed by atoms with Crippen LogP contribution in [0.15, 0.2) is 24.3 Å². The van der Waals surface area contributed by atoms with E-state index >= 15 is 8.78 Å². The van der Waals surface area contributed by atoms with Crippen molar-refractivity contribution in [2.45, 2.75) is 36.7 Å². The lowest BCUT2D eigenvalue weighted by molar-refractivity contribution is -0.155. The van der Waals surface area contributed by atoms with Gasteiger partial charge in [0.2, 0.25) is 19.8 Å². The average molecular weight is 533 g/mol. The second kappa shape index (κ2) is 9.67. The van der Waals surface area contributed by atoms with Crippen molar-refractivity contribution in [2.75, 3.05) is 0 Å². The van der Waals surface area contributed by atoms with Crippen LogP contribution in [0.3, 0.4) is 0 Å². The predicted molar refractivity (Wildman–Crippen MR) is 157 cm³/mol. The van der Waals surface area contributed by atoms with E-state index in [4.69, 9.17) is 11.6 Å². The molecule has 16 heteroatoms. The first kappa shape index (κ1) is 28.1. The molecule has 0 aromatic heterocycles. The molecule has 0 aliphatic carbocycles. The van der Waals surface area contributed by atoms with Gasteiger partial charge >= 0.3 is 5.92 Å². The highest BCUT2D eigenvalue weighted by Gasteiger charge is 2.48. The van der Waals surface area contributed by atoms with Gasteiger partial charge in [-0.1, -0.05) is 40.1 Å². The number of hydrogen-bond donors (Lipinski definition) is 1. The Bertz CT molecular complexity index is 1410. The minimum absolute atomic E-state index is 0.140. The Labute approximate surface area is 229 Å². The quantitative estimate of drug-likeness (QED) is 0.308. The molecule has 1 N–H and O–H groups in total. The van der Waals surface area contributed by atoms with Crippen molar-refractivity contribution in [1.29, 1.82) is 0 Å². The molecule has 0 spiro atoms. The van der Waals surface area contributed by atoms with Gasteiger partial charge in [-0.25, -0.2) is 0 Å². The monoisotopic (exact) mass is 533 g/mol. The molecule has 0 radical (unpaired) electrons. The van der Waals surface area contributed by atoms with E-state index in [1.165, 1.54) is 34.6 Å². The highest BCUT2D eigenvalue weighted by Crippen LogP contribution is 2.34. The Morgan fingerprint density at radius 2 is 1.76 bits per heavy atom. The summed E-state index contributed by atoms with van der Waals surface area (Å²) in [4.78, 5) is 52.6. The third-order valence-electron chi connectivity index (χ3n) is 7.99.